The summed E-state index contributed by atoms with van der Waals surface area (Å²) in [7, 11) is 0. The van der Waals surface area contributed by atoms with E-state index in [0.29, 0.717) is 31.6 Å². The molecule has 2 aliphatic heterocycles. The van der Waals surface area contributed by atoms with Gasteiger partial charge < -0.3 is 19.9 Å². The van der Waals surface area contributed by atoms with E-state index in [-0.39, 0.29) is 0 Å². The largest absolute Gasteiger partial charge is 0.378 e. The molecular formula is C13H25N3O2. The molecule has 2 fully saturated rings. The van der Waals surface area contributed by atoms with E-state index in [4.69, 9.17) is 4.74 Å². The third-order valence-electron chi connectivity index (χ3n) is 3.68. The van der Waals surface area contributed by atoms with Crippen molar-refractivity contribution in [3.63, 3.8) is 0 Å². The predicted octanol–water partition coefficient (Wildman–Crippen LogP) is -0.0809. The fraction of sp³-hybridized carbons (Fsp3) is 0.923. The smallest absolute Gasteiger partial charge is 0.222 e. The first-order valence-corrected chi connectivity index (χ1v) is 7.07. The van der Waals surface area contributed by atoms with Crippen LogP contribution in [0.15, 0.2) is 0 Å². The van der Waals surface area contributed by atoms with E-state index in [2.05, 4.69) is 17.1 Å². The van der Waals surface area contributed by atoms with Crippen LogP contribution in [-0.4, -0.2) is 74.2 Å². The third kappa shape index (κ3) is 4.23. The van der Waals surface area contributed by atoms with Gasteiger partial charge in [-0.1, -0.05) is 0 Å². The van der Waals surface area contributed by atoms with Gasteiger partial charge in [-0.15, -0.1) is 0 Å². The Hall–Kier alpha value is -0.650. The van der Waals surface area contributed by atoms with Gasteiger partial charge in [-0.25, -0.2) is 0 Å². The Balaban J connectivity index is 1.60. The summed E-state index contributed by atoms with van der Waals surface area (Å²) in [5, 5.41) is 3.43. The molecule has 2 rings (SSSR count). The van der Waals surface area contributed by atoms with Crippen molar-refractivity contribution in [1.29, 1.82) is 0 Å². The first-order valence-electron chi connectivity index (χ1n) is 7.07. The number of amides is 1. The van der Waals surface area contributed by atoms with Crippen molar-refractivity contribution < 1.29 is 9.53 Å². The van der Waals surface area contributed by atoms with Crippen LogP contribution < -0.4 is 5.32 Å². The van der Waals surface area contributed by atoms with E-state index < -0.39 is 0 Å². The number of carbonyl (C=O) groups is 1. The zero-order valence-corrected chi connectivity index (χ0v) is 11.4. The summed E-state index contributed by atoms with van der Waals surface area (Å²) in [5.41, 5.74) is 0. The van der Waals surface area contributed by atoms with Crippen molar-refractivity contribution >= 4 is 5.91 Å². The van der Waals surface area contributed by atoms with Crippen LogP contribution in [0.4, 0.5) is 0 Å². The van der Waals surface area contributed by atoms with Crippen LogP contribution in [0.5, 0.6) is 0 Å². The lowest BCUT2D eigenvalue weighted by Gasteiger charge is -2.32. The summed E-state index contributed by atoms with van der Waals surface area (Å²) < 4.78 is 5.25. The zero-order chi connectivity index (χ0) is 12.8. The molecule has 2 heterocycles. The molecule has 1 amide bonds. The number of ether oxygens (including phenoxy) is 1. The quantitative estimate of drug-likeness (QED) is 0.763. The second-order valence-electron chi connectivity index (χ2n) is 5.25. The molecular weight excluding hydrogens is 230 g/mol. The van der Waals surface area contributed by atoms with Gasteiger partial charge in [-0.2, -0.15) is 0 Å². The van der Waals surface area contributed by atoms with Crippen LogP contribution >= 0.6 is 0 Å². The Bertz CT molecular complexity index is 267. The van der Waals surface area contributed by atoms with Gasteiger partial charge in [0.1, 0.15) is 0 Å². The van der Waals surface area contributed by atoms with E-state index in [1.807, 2.05) is 4.90 Å². The first kappa shape index (κ1) is 13.8. The molecule has 0 unspecified atom stereocenters. The van der Waals surface area contributed by atoms with Gasteiger partial charge in [0.15, 0.2) is 0 Å². The highest BCUT2D eigenvalue weighted by Gasteiger charge is 2.18. The lowest BCUT2D eigenvalue weighted by Crippen LogP contribution is -2.49. The molecule has 2 saturated heterocycles. The van der Waals surface area contributed by atoms with Gasteiger partial charge in [-0.05, 0) is 19.9 Å². The average molecular weight is 255 g/mol. The minimum atomic E-state index is 0.293. The molecule has 2 aliphatic rings. The van der Waals surface area contributed by atoms with Crippen molar-refractivity contribution in [2.45, 2.75) is 25.8 Å². The van der Waals surface area contributed by atoms with Crippen LogP contribution in [0.3, 0.4) is 0 Å². The molecule has 0 spiro atoms. The number of hydrogen-bond donors (Lipinski definition) is 1. The van der Waals surface area contributed by atoms with Gasteiger partial charge in [0.05, 0.1) is 13.2 Å². The minimum absolute atomic E-state index is 0.293. The number of hydrogen-bond acceptors (Lipinski definition) is 4. The highest BCUT2D eigenvalue weighted by Crippen LogP contribution is 2.05. The second kappa shape index (κ2) is 7.07. The molecule has 0 saturated carbocycles. The van der Waals surface area contributed by atoms with E-state index in [0.717, 1.165) is 45.7 Å². The molecule has 0 bridgehead atoms. The highest BCUT2D eigenvalue weighted by atomic mass is 16.5. The molecule has 1 N–H and O–H groups in total. The number of carbonyl (C=O) groups excluding carboxylic acids is 1. The molecule has 0 aliphatic carbocycles. The summed E-state index contributed by atoms with van der Waals surface area (Å²) in [6.45, 7) is 9.46. The van der Waals surface area contributed by atoms with Gasteiger partial charge >= 0.3 is 0 Å². The van der Waals surface area contributed by atoms with E-state index in [1.54, 1.807) is 0 Å². The highest BCUT2D eigenvalue weighted by molar-refractivity contribution is 5.76. The predicted molar refractivity (Wildman–Crippen MR) is 70.5 cm³/mol. The van der Waals surface area contributed by atoms with E-state index in [1.165, 1.54) is 0 Å². The van der Waals surface area contributed by atoms with Crippen LogP contribution in [0.2, 0.25) is 0 Å². The van der Waals surface area contributed by atoms with Gasteiger partial charge in [0, 0.05) is 45.2 Å². The molecule has 5 heteroatoms. The normalized spacial score (nSPS) is 26.3. The maximum Gasteiger partial charge on any atom is 0.222 e. The summed E-state index contributed by atoms with van der Waals surface area (Å²) in [6, 6.07) is 0.577. The topological polar surface area (TPSA) is 44.8 Å². The summed E-state index contributed by atoms with van der Waals surface area (Å²) >= 11 is 0. The molecule has 0 aromatic heterocycles. The van der Waals surface area contributed by atoms with Gasteiger partial charge in [0.2, 0.25) is 5.91 Å². The Morgan fingerprint density at radius 2 is 2.11 bits per heavy atom. The van der Waals surface area contributed by atoms with Crippen LogP contribution in [0.25, 0.3) is 0 Å². The minimum Gasteiger partial charge on any atom is -0.378 e. The Labute approximate surface area is 109 Å². The molecule has 0 radical (unpaired) electrons. The lowest BCUT2D eigenvalue weighted by molar-refractivity contribution is -0.135. The number of rotatable bonds is 4. The first-order chi connectivity index (χ1) is 8.75. The Morgan fingerprint density at radius 3 is 2.83 bits per heavy atom. The Morgan fingerprint density at radius 1 is 1.33 bits per heavy atom. The third-order valence-corrected chi connectivity index (χ3v) is 3.68. The lowest BCUT2D eigenvalue weighted by atomic mass is 10.2. The van der Waals surface area contributed by atoms with Gasteiger partial charge in [-0.3, -0.25) is 4.79 Å². The molecule has 5 nitrogen and oxygen atoms in total. The van der Waals surface area contributed by atoms with Gasteiger partial charge in [0.25, 0.3) is 0 Å². The number of piperazine rings is 1. The molecule has 0 aromatic carbocycles. The fourth-order valence-corrected chi connectivity index (χ4v) is 2.64. The Kier molecular flexibility index (Phi) is 5.41. The maximum atomic E-state index is 11.9. The molecule has 104 valence electrons. The second-order valence-corrected chi connectivity index (χ2v) is 5.25. The van der Waals surface area contributed by atoms with Crippen LogP contribution in [0, 0.1) is 0 Å². The van der Waals surface area contributed by atoms with Crippen molar-refractivity contribution in [2.75, 3.05) is 52.5 Å². The molecule has 18 heavy (non-hydrogen) atoms. The number of morpholine rings is 1. The summed E-state index contributed by atoms with van der Waals surface area (Å²) in [4.78, 5) is 16.3. The average Bonchev–Trinajstić information content (AvgIpc) is 2.40. The van der Waals surface area contributed by atoms with Crippen molar-refractivity contribution in [2.24, 2.45) is 0 Å². The number of nitrogens with one attached hydrogen (secondary N) is 1. The fourth-order valence-electron chi connectivity index (χ4n) is 2.64. The van der Waals surface area contributed by atoms with E-state index in [9.17, 15) is 4.79 Å². The monoisotopic (exact) mass is 255 g/mol. The van der Waals surface area contributed by atoms with E-state index >= 15 is 0 Å². The summed E-state index contributed by atoms with van der Waals surface area (Å²) in [5.74, 6) is 0.293. The van der Waals surface area contributed by atoms with Crippen molar-refractivity contribution in [1.82, 2.24) is 15.1 Å². The SMILES string of the molecule is C[C@@H]1CN(CCCC(=O)N2CCOCC2)CCN1. The maximum absolute atomic E-state index is 11.9. The van der Waals surface area contributed by atoms with Crippen molar-refractivity contribution in [3.8, 4) is 0 Å². The van der Waals surface area contributed by atoms with Crippen LogP contribution in [0.1, 0.15) is 19.8 Å². The van der Waals surface area contributed by atoms with Crippen LogP contribution in [-0.2, 0) is 9.53 Å². The molecule has 0 aromatic rings. The zero-order valence-electron chi connectivity index (χ0n) is 11.4. The molecule has 1 atom stereocenters. The number of nitrogens with zero attached hydrogens (tertiary/aromatic N) is 2. The van der Waals surface area contributed by atoms with Crippen molar-refractivity contribution in [3.05, 3.63) is 0 Å². The standard InChI is InChI=1S/C13H25N3O2/c1-12-11-15(6-4-14-12)5-2-3-13(17)16-7-9-18-10-8-16/h12,14H,2-11H2,1H3/t12-/m1/s1. The summed E-state index contributed by atoms with van der Waals surface area (Å²) in [6.07, 6.45) is 1.65.